The van der Waals surface area contributed by atoms with Gasteiger partial charge >= 0.3 is 12.4 Å². The first kappa shape index (κ1) is 83.4. The summed E-state index contributed by atoms with van der Waals surface area (Å²) in [7, 11) is -12.8. The number of benzene rings is 6. The maximum Gasteiger partial charge on any atom is 0.416 e. The molecule has 0 atom stereocenters. The van der Waals surface area contributed by atoms with Crippen LogP contribution in [-0.2, 0) is 81.2 Å². The van der Waals surface area contributed by atoms with Gasteiger partial charge in [0.05, 0.1) is 33.5 Å². The summed E-state index contributed by atoms with van der Waals surface area (Å²) in [6.45, 7) is 1.92. The Bertz CT molecular complexity index is 4280. The molecule has 564 valence electrons. The van der Waals surface area contributed by atoms with Crippen LogP contribution in [0, 0.1) is 0 Å². The van der Waals surface area contributed by atoms with E-state index < -0.39 is 63.6 Å². The van der Waals surface area contributed by atoms with Gasteiger partial charge in [-0.1, -0.05) is 94.9 Å². The van der Waals surface area contributed by atoms with Crippen molar-refractivity contribution in [2.75, 3.05) is 32.4 Å². The Morgan fingerprint density at radius 3 is 0.883 bits per heavy atom. The molecule has 12 N–H and O–H groups in total. The fourth-order valence-corrected chi connectivity index (χ4v) is 19.7. The highest BCUT2D eigenvalue weighted by Gasteiger charge is 2.42. The van der Waals surface area contributed by atoms with Crippen molar-refractivity contribution in [1.29, 1.82) is 0 Å². The zero-order valence-corrected chi connectivity index (χ0v) is 63.1. The second-order valence-electron chi connectivity index (χ2n) is 27.3. The molecule has 11 rings (SSSR count). The molecule has 18 nitrogen and oxygen atoms in total. The molecule has 0 saturated heterocycles. The normalized spacial score (nSPS) is 24.3. The van der Waals surface area contributed by atoms with E-state index in [1.165, 1.54) is 18.8 Å². The molecule has 103 heavy (non-hydrogen) atoms. The topological polar surface area (TPSA) is 307 Å². The van der Waals surface area contributed by atoms with Crippen LogP contribution in [0.4, 0.5) is 26.3 Å². The second kappa shape index (κ2) is 34.8. The Labute approximate surface area is 620 Å². The lowest BCUT2D eigenvalue weighted by Gasteiger charge is -2.40. The quantitative estimate of drug-likeness (QED) is 0.0350. The van der Waals surface area contributed by atoms with Gasteiger partial charge in [-0.05, 0) is 222 Å². The zero-order valence-electron chi connectivity index (χ0n) is 56.8. The van der Waals surface area contributed by atoms with Crippen LogP contribution in [0.15, 0.2) is 173 Å². The average molecular weight is 1590 g/mol. The fraction of sp³-hybridized carbons (Fsp3) is 0.451. The number of aryl methyl sites for hydroxylation is 1. The van der Waals surface area contributed by atoms with Crippen molar-refractivity contribution < 1.29 is 60.0 Å². The van der Waals surface area contributed by atoms with E-state index in [1.807, 2.05) is 72.8 Å². The van der Waals surface area contributed by atoms with Gasteiger partial charge in [-0.2, -0.15) is 26.3 Å². The number of halogens is 10. The van der Waals surface area contributed by atoms with Crippen molar-refractivity contribution in [3.05, 3.63) is 212 Å². The van der Waals surface area contributed by atoms with E-state index in [1.54, 1.807) is 23.7 Å². The van der Waals surface area contributed by atoms with Gasteiger partial charge in [0, 0.05) is 105 Å². The molecule has 0 spiro atoms. The van der Waals surface area contributed by atoms with E-state index in [0.29, 0.717) is 97.6 Å². The highest BCUT2D eigenvalue weighted by Crippen LogP contribution is 2.44. The SMILES string of the molecule is CS(=O)(=O)NC1CCC(CN)(c2cccc(Cl)c2)CC1.Cn1cnc(S(=O)(=O)NC2CCC(CN)(c3cccc(Cl)c3)CC2)c1.NCC1(c2cccc(Cl)c2)CCC(NS(=O)(=O)c2ccc(C(F)(F)F)cc2)CC1.NCC1(c2cccc(Cl)c2)CCC(NS(=O)(=O)c2ccc(C(F)(F)F)cc2)CC1. The Morgan fingerprint density at radius 2 is 0.670 bits per heavy atom. The van der Waals surface area contributed by atoms with E-state index in [-0.39, 0.29) is 60.6 Å². The summed E-state index contributed by atoms with van der Waals surface area (Å²) in [5, 5.41) is 2.72. The molecule has 7 aromatic rings. The number of imidazole rings is 1. The van der Waals surface area contributed by atoms with Gasteiger partial charge in [0.2, 0.25) is 30.1 Å². The molecule has 4 aliphatic carbocycles. The Morgan fingerprint density at radius 1 is 0.417 bits per heavy atom. The number of aromatic nitrogens is 2. The number of rotatable bonds is 19. The summed E-state index contributed by atoms with van der Waals surface area (Å²) in [6.07, 6.45) is 6.65. The molecule has 0 unspecified atom stereocenters. The van der Waals surface area contributed by atoms with E-state index in [9.17, 15) is 60.0 Å². The van der Waals surface area contributed by atoms with E-state index in [2.05, 4.69) is 36.0 Å². The lowest BCUT2D eigenvalue weighted by atomic mass is 9.68. The van der Waals surface area contributed by atoms with Gasteiger partial charge in [-0.3, -0.25) is 0 Å². The first-order valence-corrected chi connectivity index (χ1v) is 41.4. The molecule has 0 aliphatic heterocycles. The first-order valence-electron chi connectivity index (χ1n) is 33.5. The first-order chi connectivity index (χ1) is 48.3. The van der Waals surface area contributed by atoms with E-state index in [0.717, 1.165) is 122 Å². The van der Waals surface area contributed by atoms with E-state index in [4.69, 9.17) is 69.3 Å². The predicted molar refractivity (Wildman–Crippen MR) is 393 cm³/mol. The summed E-state index contributed by atoms with van der Waals surface area (Å²) in [4.78, 5) is 3.56. The van der Waals surface area contributed by atoms with Crippen LogP contribution in [0.2, 0.25) is 20.1 Å². The third kappa shape index (κ3) is 22.2. The van der Waals surface area contributed by atoms with Crippen molar-refractivity contribution in [3.63, 3.8) is 0 Å². The molecule has 32 heteroatoms. The van der Waals surface area contributed by atoms with Crippen molar-refractivity contribution in [1.82, 2.24) is 28.4 Å². The predicted octanol–water partition coefficient (Wildman–Crippen LogP) is 13.2. The molecule has 4 fully saturated rings. The van der Waals surface area contributed by atoms with Gasteiger partial charge in [-0.25, -0.2) is 57.5 Å². The van der Waals surface area contributed by atoms with Gasteiger partial charge < -0.3 is 27.5 Å². The van der Waals surface area contributed by atoms with Crippen LogP contribution in [-0.4, -0.2) is 99.8 Å². The zero-order chi connectivity index (χ0) is 75.5. The molecule has 4 aliphatic rings. The van der Waals surface area contributed by atoms with Crippen LogP contribution < -0.4 is 41.8 Å². The van der Waals surface area contributed by atoms with Crippen LogP contribution in [0.1, 0.15) is 136 Å². The Kier molecular flexibility index (Phi) is 28.1. The van der Waals surface area contributed by atoms with Crippen molar-refractivity contribution >= 4 is 86.5 Å². The van der Waals surface area contributed by atoms with Crippen molar-refractivity contribution in [3.8, 4) is 0 Å². The smallest absolute Gasteiger partial charge is 0.339 e. The largest absolute Gasteiger partial charge is 0.416 e. The third-order valence-electron chi connectivity index (χ3n) is 20.4. The molecule has 4 saturated carbocycles. The molecule has 1 aromatic heterocycles. The van der Waals surface area contributed by atoms with Gasteiger partial charge in [0.25, 0.3) is 10.0 Å². The third-order valence-corrected chi connectivity index (χ3v) is 26.5. The van der Waals surface area contributed by atoms with Crippen LogP contribution in [0.5, 0.6) is 0 Å². The standard InChI is InChI=1S/2C20H22ClF3N2O2S.C17H23ClN4O2S.C14H21ClN2O2S/c2*21-16-3-1-2-15(12-16)19(13-25)10-8-17(9-11-19)26-29(27,28)18-6-4-14(5-7-18)20(22,23)24;1-22-10-16(20-12-22)25(23,24)21-15-5-7-17(11-19,8-6-15)13-3-2-4-14(18)9-13;1-20(18,19)17-13-5-7-14(10-16,8-6-13)11-3-2-4-12(15)9-11/h2*1-7,12,17,26H,8-11,13,25H2;2-4,9-10,12,15,21H,5-8,11,19H2,1H3;2-4,9,13,17H,5-8,10,16H2,1H3. The molecule has 0 amide bonds. The van der Waals surface area contributed by atoms with Crippen LogP contribution >= 0.6 is 46.4 Å². The number of nitrogens with one attached hydrogen (secondary N) is 4. The van der Waals surface area contributed by atoms with Gasteiger partial charge in [0.1, 0.15) is 0 Å². The highest BCUT2D eigenvalue weighted by atomic mass is 35.5. The lowest BCUT2D eigenvalue weighted by molar-refractivity contribution is -0.138. The summed E-state index contributed by atoms with van der Waals surface area (Å²) in [5.41, 5.74) is 26.1. The molecule has 0 bridgehead atoms. The molecule has 0 radical (unpaired) electrons. The number of sulfonamides is 4. The number of hydrogen-bond donors (Lipinski definition) is 8. The maximum atomic E-state index is 12.7. The van der Waals surface area contributed by atoms with Crippen molar-refractivity contribution in [2.24, 2.45) is 30.0 Å². The maximum absolute atomic E-state index is 12.7. The Balaban J connectivity index is 0.000000176. The fourth-order valence-electron chi connectivity index (χ4n) is 14.2. The average Bonchev–Trinajstić information content (AvgIpc) is 1.43. The molecular formula is C71H88Cl4F6N10O8S4. The number of alkyl halides is 6. The highest BCUT2D eigenvalue weighted by molar-refractivity contribution is 7.90. The van der Waals surface area contributed by atoms with Crippen molar-refractivity contribution in [2.45, 2.75) is 176 Å². The minimum Gasteiger partial charge on any atom is -0.339 e. The van der Waals surface area contributed by atoms with E-state index >= 15 is 0 Å². The molecule has 1 heterocycles. The molecule has 6 aromatic carbocycles. The second-order valence-corrected chi connectivity index (χ2v) is 35.9. The minimum atomic E-state index is -4.51. The number of nitrogens with zero attached hydrogens (tertiary/aromatic N) is 2. The number of hydrogen-bond acceptors (Lipinski definition) is 13. The summed E-state index contributed by atoms with van der Waals surface area (Å²) in [5.74, 6) is 0. The van der Waals surface area contributed by atoms with Crippen LogP contribution in [0.3, 0.4) is 0 Å². The number of nitrogens with two attached hydrogens (primary N) is 4. The molecular weight excluding hydrogens is 1500 g/mol. The Hall–Kier alpha value is -5.25. The summed E-state index contributed by atoms with van der Waals surface area (Å²) in [6, 6.07) is 37.0. The lowest BCUT2D eigenvalue weighted by Crippen LogP contribution is -2.45. The van der Waals surface area contributed by atoms with Gasteiger partial charge in [-0.15, -0.1) is 0 Å². The summed E-state index contributed by atoms with van der Waals surface area (Å²) >= 11 is 24.4. The summed E-state index contributed by atoms with van der Waals surface area (Å²) < 4.78 is 186. The van der Waals surface area contributed by atoms with Gasteiger partial charge in [0.15, 0.2) is 5.03 Å². The minimum absolute atomic E-state index is 0.0175. The van der Waals surface area contributed by atoms with Crippen LogP contribution in [0.25, 0.3) is 0 Å². The monoisotopic (exact) mass is 1590 g/mol.